The fourth-order valence-electron chi connectivity index (χ4n) is 3.95. The van der Waals surface area contributed by atoms with Crippen molar-refractivity contribution >= 4 is 15.9 Å². The van der Waals surface area contributed by atoms with Crippen LogP contribution in [0.1, 0.15) is 36.0 Å². The Bertz CT molecular complexity index is 816. The number of rotatable bonds is 8. The fourth-order valence-corrected chi connectivity index (χ4v) is 5.05. The van der Waals surface area contributed by atoms with E-state index in [1.807, 2.05) is 0 Å². The highest BCUT2D eigenvalue weighted by Gasteiger charge is 2.24. The van der Waals surface area contributed by atoms with Crippen LogP contribution < -0.4 is 9.46 Å². The van der Waals surface area contributed by atoms with Gasteiger partial charge in [-0.25, -0.2) is 13.1 Å². The number of likely N-dealkylation sites (tertiary alicyclic amines) is 1. The van der Waals surface area contributed by atoms with E-state index in [0.29, 0.717) is 30.9 Å². The zero-order valence-corrected chi connectivity index (χ0v) is 18.9. The monoisotopic (exact) mass is 438 g/mol. The lowest BCUT2D eigenvalue weighted by molar-refractivity contribution is 0.0720. The van der Waals surface area contributed by atoms with Gasteiger partial charge < -0.3 is 19.4 Å². The predicted octanol–water partition coefficient (Wildman–Crippen LogP) is 1.24. The quantitative estimate of drug-likeness (QED) is 0.615. The predicted molar refractivity (Wildman–Crippen MR) is 116 cm³/mol. The van der Waals surface area contributed by atoms with Gasteiger partial charge in [0, 0.05) is 45.8 Å². The molecule has 2 saturated heterocycles. The average molecular weight is 439 g/mol. The van der Waals surface area contributed by atoms with Crippen LogP contribution in [0.15, 0.2) is 23.1 Å². The molecule has 30 heavy (non-hydrogen) atoms. The number of carbonyl (C=O) groups excluding carboxylic acids is 1. The van der Waals surface area contributed by atoms with Crippen LogP contribution in [0.5, 0.6) is 5.75 Å². The van der Waals surface area contributed by atoms with Gasteiger partial charge in [0.25, 0.3) is 5.91 Å². The van der Waals surface area contributed by atoms with Gasteiger partial charge in [0.15, 0.2) is 0 Å². The second-order valence-electron chi connectivity index (χ2n) is 8.11. The Morgan fingerprint density at radius 1 is 1.07 bits per heavy atom. The summed E-state index contributed by atoms with van der Waals surface area (Å²) in [5.74, 6) is 0.234. The first-order valence-electron chi connectivity index (χ1n) is 10.8. The molecule has 9 heteroatoms. The number of likely N-dealkylation sites (N-methyl/N-ethyl adjacent to an activating group) is 1. The van der Waals surface area contributed by atoms with Crippen LogP contribution in [0.4, 0.5) is 0 Å². The van der Waals surface area contributed by atoms with Crippen LogP contribution in [0.25, 0.3) is 0 Å². The van der Waals surface area contributed by atoms with Crippen LogP contribution in [0.3, 0.4) is 0 Å². The van der Waals surface area contributed by atoms with Gasteiger partial charge in [-0.05, 0) is 57.5 Å². The molecule has 0 saturated carbocycles. The van der Waals surface area contributed by atoms with Crippen molar-refractivity contribution in [2.24, 2.45) is 0 Å². The van der Waals surface area contributed by atoms with Gasteiger partial charge >= 0.3 is 0 Å². The molecule has 0 radical (unpaired) electrons. The van der Waals surface area contributed by atoms with Crippen LogP contribution in [-0.2, 0) is 10.0 Å². The molecule has 3 rings (SSSR count). The molecule has 168 valence electrons. The van der Waals surface area contributed by atoms with Crippen molar-refractivity contribution in [2.75, 3.05) is 66.5 Å². The number of hydrogen-bond donors (Lipinski definition) is 1. The Balaban J connectivity index is 1.61. The number of ether oxygens (including phenoxy) is 1. The fraction of sp³-hybridized carbons (Fsp3) is 0.667. The number of piperidine rings is 1. The first-order valence-corrected chi connectivity index (χ1v) is 12.3. The third kappa shape index (κ3) is 5.94. The van der Waals surface area contributed by atoms with Crippen molar-refractivity contribution < 1.29 is 17.9 Å². The highest BCUT2D eigenvalue weighted by Crippen LogP contribution is 2.25. The van der Waals surface area contributed by atoms with Gasteiger partial charge in [-0.2, -0.15) is 0 Å². The molecular weight excluding hydrogens is 404 g/mol. The molecule has 0 atom stereocenters. The topological polar surface area (TPSA) is 82.2 Å². The van der Waals surface area contributed by atoms with E-state index in [0.717, 1.165) is 58.4 Å². The molecule has 2 heterocycles. The number of methoxy groups -OCH3 is 1. The number of sulfonamides is 1. The van der Waals surface area contributed by atoms with E-state index < -0.39 is 10.0 Å². The average Bonchev–Trinajstić information content (AvgIpc) is 2.77. The van der Waals surface area contributed by atoms with Crippen molar-refractivity contribution in [1.29, 1.82) is 0 Å². The third-order valence-corrected chi connectivity index (χ3v) is 7.35. The van der Waals surface area contributed by atoms with E-state index >= 15 is 0 Å². The number of benzene rings is 1. The number of carbonyl (C=O) groups is 1. The molecule has 0 aliphatic carbocycles. The van der Waals surface area contributed by atoms with Crippen LogP contribution >= 0.6 is 0 Å². The molecule has 8 nitrogen and oxygen atoms in total. The van der Waals surface area contributed by atoms with E-state index in [2.05, 4.69) is 21.6 Å². The van der Waals surface area contributed by atoms with Gasteiger partial charge in [-0.3, -0.25) is 4.79 Å². The number of amides is 1. The van der Waals surface area contributed by atoms with Crippen molar-refractivity contribution in [2.45, 2.75) is 30.6 Å². The molecule has 0 bridgehead atoms. The van der Waals surface area contributed by atoms with Crippen molar-refractivity contribution in [3.8, 4) is 5.75 Å². The molecule has 0 aromatic heterocycles. The molecule has 2 fully saturated rings. The Kier molecular flexibility index (Phi) is 8.10. The van der Waals surface area contributed by atoms with Crippen molar-refractivity contribution in [3.63, 3.8) is 0 Å². The highest BCUT2D eigenvalue weighted by atomic mass is 32.2. The minimum Gasteiger partial charge on any atom is -0.496 e. The van der Waals surface area contributed by atoms with Crippen molar-refractivity contribution in [3.05, 3.63) is 23.8 Å². The Morgan fingerprint density at radius 3 is 2.43 bits per heavy atom. The normalized spacial score (nSPS) is 19.1. The second-order valence-corrected chi connectivity index (χ2v) is 9.88. The lowest BCUT2D eigenvalue weighted by Gasteiger charge is -2.32. The summed E-state index contributed by atoms with van der Waals surface area (Å²) in [7, 11) is -0.0780. The SMILES string of the molecule is COc1ccc(S(=O)(=O)NCCCN2CCN(C)CC2)cc1C(=O)N1CCCCC1. The Morgan fingerprint density at radius 2 is 1.77 bits per heavy atom. The first kappa shape index (κ1) is 23.0. The van der Waals surface area contributed by atoms with Gasteiger partial charge in [0.05, 0.1) is 17.6 Å². The number of piperazine rings is 1. The van der Waals surface area contributed by atoms with Crippen LogP contribution in [-0.4, -0.2) is 95.5 Å². The minimum atomic E-state index is -3.69. The number of nitrogens with zero attached hydrogens (tertiary/aromatic N) is 3. The molecule has 1 N–H and O–H groups in total. The Labute approximate surface area is 180 Å². The van der Waals surface area contributed by atoms with E-state index in [9.17, 15) is 13.2 Å². The van der Waals surface area contributed by atoms with Crippen LogP contribution in [0, 0.1) is 0 Å². The standard InChI is InChI=1S/C21H34N4O4S/c1-23-13-15-24(16-14-23)10-6-9-22-30(27,28)18-7-8-20(29-2)19(17-18)21(26)25-11-4-3-5-12-25/h7-8,17,22H,3-6,9-16H2,1-2H3. The lowest BCUT2D eigenvalue weighted by Crippen LogP contribution is -2.45. The molecule has 1 aromatic carbocycles. The summed E-state index contributed by atoms with van der Waals surface area (Å²) in [5, 5.41) is 0. The number of hydrogen-bond acceptors (Lipinski definition) is 6. The molecule has 1 amide bonds. The van der Waals surface area contributed by atoms with Gasteiger partial charge in [-0.1, -0.05) is 0 Å². The summed E-state index contributed by atoms with van der Waals surface area (Å²) < 4.78 is 33.6. The maximum absolute atomic E-state index is 12.9. The zero-order chi connectivity index (χ0) is 21.6. The summed E-state index contributed by atoms with van der Waals surface area (Å²) in [5.41, 5.74) is 0.305. The maximum atomic E-state index is 12.9. The zero-order valence-electron chi connectivity index (χ0n) is 18.1. The summed E-state index contributed by atoms with van der Waals surface area (Å²) in [4.78, 5) is 19.5. The molecule has 2 aliphatic heterocycles. The maximum Gasteiger partial charge on any atom is 0.257 e. The van der Waals surface area contributed by atoms with E-state index in [1.165, 1.54) is 19.2 Å². The minimum absolute atomic E-state index is 0.100. The Hall–Kier alpha value is -1.68. The van der Waals surface area contributed by atoms with Gasteiger partial charge in [0.2, 0.25) is 10.0 Å². The second kappa shape index (κ2) is 10.6. The molecule has 2 aliphatic rings. The van der Waals surface area contributed by atoms with Crippen LogP contribution in [0.2, 0.25) is 0 Å². The molecule has 1 aromatic rings. The van der Waals surface area contributed by atoms with E-state index in [1.54, 1.807) is 11.0 Å². The highest BCUT2D eigenvalue weighted by molar-refractivity contribution is 7.89. The van der Waals surface area contributed by atoms with Crippen molar-refractivity contribution in [1.82, 2.24) is 19.4 Å². The first-order chi connectivity index (χ1) is 14.4. The summed E-state index contributed by atoms with van der Waals surface area (Å²) in [6.07, 6.45) is 3.81. The largest absolute Gasteiger partial charge is 0.496 e. The number of nitrogens with one attached hydrogen (secondary N) is 1. The molecule has 0 spiro atoms. The van der Waals surface area contributed by atoms with Gasteiger partial charge in [-0.15, -0.1) is 0 Å². The summed E-state index contributed by atoms with van der Waals surface area (Å²) in [6, 6.07) is 4.50. The molecular formula is C21H34N4O4S. The van der Waals surface area contributed by atoms with E-state index in [4.69, 9.17) is 4.74 Å². The van der Waals surface area contributed by atoms with Gasteiger partial charge in [0.1, 0.15) is 5.75 Å². The third-order valence-electron chi connectivity index (χ3n) is 5.89. The summed E-state index contributed by atoms with van der Waals surface area (Å²) in [6.45, 7) is 6.77. The van der Waals surface area contributed by atoms with E-state index in [-0.39, 0.29) is 10.8 Å². The lowest BCUT2D eigenvalue weighted by atomic mass is 10.1. The molecule has 0 unspecified atom stereocenters. The summed E-state index contributed by atoms with van der Waals surface area (Å²) >= 11 is 0. The smallest absolute Gasteiger partial charge is 0.257 e.